The molecule has 1 saturated carbocycles. The van der Waals surface area contributed by atoms with Crippen LogP contribution in [-0.2, 0) is 6.54 Å². The van der Waals surface area contributed by atoms with E-state index < -0.39 is 0 Å². The molecule has 2 saturated heterocycles. The zero-order valence-corrected chi connectivity index (χ0v) is 19.1. The minimum Gasteiger partial charge on any atom is -0.356 e. The van der Waals surface area contributed by atoms with Gasteiger partial charge in [0, 0.05) is 44.6 Å². The van der Waals surface area contributed by atoms with Gasteiger partial charge in [0.15, 0.2) is 5.96 Å². The fourth-order valence-corrected chi connectivity index (χ4v) is 5.60. The fourth-order valence-electron chi connectivity index (χ4n) is 4.85. The first-order valence-electron chi connectivity index (χ1n) is 9.97. The second-order valence-electron chi connectivity index (χ2n) is 8.28. The SMILES string of the molecule is CN=C(NCC1CCCN(Cc2cccs2)C1)N1CCC2(CCC2)C1.I. The molecular formula is C20H33IN4S. The number of halogens is 1. The van der Waals surface area contributed by atoms with E-state index in [1.54, 1.807) is 0 Å². The third kappa shape index (κ3) is 4.73. The van der Waals surface area contributed by atoms with Crippen LogP contribution in [0.25, 0.3) is 0 Å². The van der Waals surface area contributed by atoms with Gasteiger partial charge in [0.25, 0.3) is 0 Å². The molecule has 1 unspecified atom stereocenters. The third-order valence-electron chi connectivity index (χ3n) is 6.48. The van der Waals surface area contributed by atoms with Gasteiger partial charge < -0.3 is 10.2 Å². The Morgan fingerprint density at radius 2 is 2.19 bits per heavy atom. The third-order valence-corrected chi connectivity index (χ3v) is 7.34. The summed E-state index contributed by atoms with van der Waals surface area (Å²) in [4.78, 5) is 11.2. The molecule has 0 bridgehead atoms. The first-order valence-corrected chi connectivity index (χ1v) is 10.8. The van der Waals surface area contributed by atoms with Crippen LogP contribution in [0.4, 0.5) is 0 Å². The second-order valence-corrected chi connectivity index (χ2v) is 9.31. The van der Waals surface area contributed by atoms with Crippen molar-refractivity contribution in [3.8, 4) is 0 Å². The van der Waals surface area contributed by atoms with Gasteiger partial charge in [0.05, 0.1) is 0 Å². The summed E-state index contributed by atoms with van der Waals surface area (Å²) in [6.45, 7) is 7.06. The number of hydrogen-bond acceptors (Lipinski definition) is 3. The summed E-state index contributed by atoms with van der Waals surface area (Å²) in [6, 6.07) is 4.43. The maximum atomic E-state index is 4.58. The minimum absolute atomic E-state index is 0. The van der Waals surface area contributed by atoms with Crippen molar-refractivity contribution in [3.63, 3.8) is 0 Å². The van der Waals surface area contributed by atoms with E-state index in [-0.39, 0.29) is 24.0 Å². The molecule has 0 radical (unpaired) electrons. The largest absolute Gasteiger partial charge is 0.356 e. The molecule has 1 N–H and O–H groups in total. The molecule has 26 heavy (non-hydrogen) atoms. The first kappa shape index (κ1) is 20.4. The molecule has 6 heteroatoms. The Morgan fingerprint density at radius 1 is 1.31 bits per heavy atom. The second kappa shape index (κ2) is 9.24. The van der Waals surface area contributed by atoms with Gasteiger partial charge in [-0.3, -0.25) is 9.89 Å². The molecule has 4 nitrogen and oxygen atoms in total. The van der Waals surface area contributed by atoms with Crippen molar-refractivity contribution < 1.29 is 0 Å². The predicted octanol–water partition coefficient (Wildman–Crippen LogP) is 4.03. The van der Waals surface area contributed by atoms with E-state index in [1.807, 2.05) is 18.4 Å². The van der Waals surface area contributed by atoms with Crippen LogP contribution in [0.2, 0.25) is 0 Å². The summed E-state index contributed by atoms with van der Waals surface area (Å²) in [5.74, 6) is 1.88. The quantitative estimate of drug-likeness (QED) is 0.395. The summed E-state index contributed by atoms with van der Waals surface area (Å²) in [5.41, 5.74) is 0.639. The Hall–Kier alpha value is -0.340. The smallest absolute Gasteiger partial charge is 0.193 e. The van der Waals surface area contributed by atoms with Crippen molar-refractivity contribution >= 4 is 41.3 Å². The van der Waals surface area contributed by atoms with E-state index in [0.717, 1.165) is 25.0 Å². The number of hydrogen-bond donors (Lipinski definition) is 1. The number of guanidine groups is 1. The number of thiophene rings is 1. The van der Waals surface area contributed by atoms with E-state index in [4.69, 9.17) is 0 Å². The molecule has 1 atom stereocenters. The van der Waals surface area contributed by atoms with Crippen LogP contribution in [0.15, 0.2) is 22.5 Å². The van der Waals surface area contributed by atoms with E-state index in [2.05, 4.69) is 37.6 Å². The summed E-state index contributed by atoms with van der Waals surface area (Å²) < 4.78 is 0. The van der Waals surface area contributed by atoms with Crippen LogP contribution in [0, 0.1) is 11.3 Å². The van der Waals surface area contributed by atoms with Crippen LogP contribution >= 0.6 is 35.3 Å². The molecule has 1 aromatic rings. The van der Waals surface area contributed by atoms with Crippen LogP contribution < -0.4 is 5.32 Å². The average Bonchev–Trinajstić information content (AvgIpc) is 3.25. The zero-order chi connectivity index (χ0) is 17.1. The standard InChI is InChI=1S/C20H32N4S.HI/c1-21-19(24-11-9-20(16-24)7-4-8-20)22-13-17-5-2-10-23(14-17)15-18-6-3-12-25-18;/h3,6,12,17H,2,4-5,7-11,13-16H2,1H3,(H,21,22);1H. The molecule has 146 valence electrons. The highest BCUT2D eigenvalue weighted by molar-refractivity contribution is 14.0. The Labute approximate surface area is 179 Å². The number of nitrogens with zero attached hydrogens (tertiary/aromatic N) is 3. The molecule has 1 aromatic heterocycles. The maximum Gasteiger partial charge on any atom is 0.193 e. The molecule has 3 aliphatic rings. The monoisotopic (exact) mass is 488 g/mol. The summed E-state index contributed by atoms with van der Waals surface area (Å²) >= 11 is 1.88. The molecule has 1 spiro atoms. The predicted molar refractivity (Wildman–Crippen MR) is 122 cm³/mol. The zero-order valence-electron chi connectivity index (χ0n) is 16.0. The highest BCUT2D eigenvalue weighted by Gasteiger charge is 2.43. The highest BCUT2D eigenvalue weighted by atomic mass is 127. The minimum atomic E-state index is 0. The molecule has 4 rings (SSSR count). The Kier molecular flexibility index (Phi) is 7.25. The number of rotatable bonds is 4. The van der Waals surface area contributed by atoms with E-state index in [0.29, 0.717) is 5.41 Å². The number of nitrogens with one attached hydrogen (secondary N) is 1. The number of aliphatic imine (C=N–C) groups is 1. The van der Waals surface area contributed by atoms with Crippen molar-refractivity contribution in [3.05, 3.63) is 22.4 Å². The average molecular weight is 488 g/mol. The van der Waals surface area contributed by atoms with Crippen molar-refractivity contribution in [2.45, 2.75) is 45.1 Å². The van der Waals surface area contributed by atoms with Gasteiger partial charge in [0.2, 0.25) is 0 Å². The lowest BCUT2D eigenvalue weighted by Crippen LogP contribution is -2.46. The lowest BCUT2D eigenvalue weighted by molar-refractivity contribution is 0.151. The normalized spacial score (nSPS) is 25.8. The molecular weight excluding hydrogens is 455 g/mol. The van der Waals surface area contributed by atoms with Crippen LogP contribution in [0.3, 0.4) is 0 Å². The molecule has 0 amide bonds. The molecule has 3 heterocycles. The first-order chi connectivity index (χ1) is 12.3. The van der Waals surface area contributed by atoms with Gasteiger partial charge in [0.1, 0.15) is 0 Å². The topological polar surface area (TPSA) is 30.9 Å². The summed E-state index contributed by atoms with van der Waals surface area (Å²) in [6.07, 6.45) is 8.33. The van der Waals surface area contributed by atoms with Crippen molar-refractivity contribution in [2.75, 3.05) is 39.8 Å². The van der Waals surface area contributed by atoms with Gasteiger partial charge >= 0.3 is 0 Å². The van der Waals surface area contributed by atoms with Crippen LogP contribution in [-0.4, -0.2) is 55.5 Å². The summed E-state index contributed by atoms with van der Waals surface area (Å²) in [7, 11) is 1.94. The van der Waals surface area contributed by atoms with Crippen molar-refractivity contribution in [1.82, 2.24) is 15.1 Å². The molecule has 3 fully saturated rings. The van der Waals surface area contributed by atoms with Crippen molar-refractivity contribution in [2.24, 2.45) is 16.3 Å². The molecule has 2 aliphatic heterocycles. The van der Waals surface area contributed by atoms with E-state index in [1.165, 1.54) is 69.6 Å². The van der Waals surface area contributed by atoms with Crippen LogP contribution in [0.1, 0.15) is 43.4 Å². The Balaban J connectivity index is 0.00000196. The van der Waals surface area contributed by atoms with Crippen LogP contribution in [0.5, 0.6) is 0 Å². The van der Waals surface area contributed by atoms with Gasteiger partial charge in [-0.1, -0.05) is 12.5 Å². The van der Waals surface area contributed by atoms with Gasteiger partial charge in [-0.15, -0.1) is 35.3 Å². The Morgan fingerprint density at radius 3 is 2.85 bits per heavy atom. The van der Waals surface area contributed by atoms with Gasteiger partial charge in [-0.05, 0) is 61.4 Å². The number of likely N-dealkylation sites (tertiary alicyclic amines) is 2. The summed E-state index contributed by atoms with van der Waals surface area (Å²) in [5, 5.41) is 5.89. The van der Waals surface area contributed by atoms with E-state index >= 15 is 0 Å². The van der Waals surface area contributed by atoms with Gasteiger partial charge in [-0.25, -0.2) is 0 Å². The highest BCUT2D eigenvalue weighted by Crippen LogP contribution is 2.47. The maximum absolute atomic E-state index is 4.58. The number of piperidine rings is 1. The fraction of sp³-hybridized carbons (Fsp3) is 0.750. The van der Waals surface area contributed by atoms with E-state index in [9.17, 15) is 0 Å². The lowest BCUT2D eigenvalue weighted by atomic mass is 9.68. The lowest BCUT2D eigenvalue weighted by Gasteiger charge is -2.38. The molecule has 1 aliphatic carbocycles. The van der Waals surface area contributed by atoms with Crippen molar-refractivity contribution in [1.29, 1.82) is 0 Å². The molecule has 0 aromatic carbocycles. The Bertz CT molecular complexity index is 585. The van der Waals surface area contributed by atoms with Gasteiger partial charge in [-0.2, -0.15) is 0 Å².